The lowest BCUT2D eigenvalue weighted by Gasteiger charge is -2.08. The smallest absolute Gasteiger partial charge is 0.127 e. The number of aryl methyl sites for hydroxylation is 2. The van der Waals surface area contributed by atoms with Crippen LogP contribution in [0.3, 0.4) is 0 Å². The normalized spacial score (nSPS) is 10.6. The van der Waals surface area contributed by atoms with E-state index in [0.29, 0.717) is 0 Å². The zero-order valence-electron chi connectivity index (χ0n) is 10.2. The minimum atomic E-state index is 0.784. The molecule has 3 nitrogen and oxygen atoms in total. The zero-order valence-corrected chi connectivity index (χ0v) is 11.8. The second-order valence-electron chi connectivity index (χ2n) is 4.08. The highest BCUT2D eigenvalue weighted by Gasteiger charge is 2.10. The maximum Gasteiger partial charge on any atom is 0.127 e. The molecule has 90 valence electrons. The van der Waals surface area contributed by atoms with Gasteiger partial charge in [-0.2, -0.15) is 0 Å². The first-order valence-corrected chi connectivity index (χ1v) is 6.24. The molecule has 17 heavy (non-hydrogen) atoms. The van der Waals surface area contributed by atoms with Crippen molar-refractivity contribution in [3.8, 4) is 5.75 Å². The van der Waals surface area contributed by atoms with Gasteiger partial charge in [0.1, 0.15) is 16.2 Å². The molecule has 0 unspecified atom stereocenters. The van der Waals surface area contributed by atoms with Crippen molar-refractivity contribution in [2.24, 2.45) is 0 Å². The van der Waals surface area contributed by atoms with Crippen molar-refractivity contribution in [2.75, 3.05) is 7.11 Å². The molecule has 1 heterocycles. The Balaban J connectivity index is 2.35. The van der Waals surface area contributed by atoms with Crippen LogP contribution >= 0.6 is 15.9 Å². The second-order valence-corrected chi connectivity index (χ2v) is 4.83. The Hall–Kier alpha value is -1.29. The van der Waals surface area contributed by atoms with Gasteiger partial charge in [-0.25, -0.2) is 4.98 Å². The van der Waals surface area contributed by atoms with Crippen LogP contribution in [0.4, 0.5) is 0 Å². The van der Waals surface area contributed by atoms with Gasteiger partial charge in [0.2, 0.25) is 0 Å². The molecule has 1 aromatic carbocycles. The van der Waals surface area contributed by atoms with Gasteiger partial charge in [-0.05, 0) is 35.8 Å². The van der Waals surface area contributed by atoms with E-state index in [1.54, 1.807) is 7.11 Å². The number of imidazole rings is 1. The van der Waals surface area contributed by atoms with E-state index in [4.69, 9.17) is 4.74 Å². The number of hydrogen-bond donors (Lipinski definition) is 1. The highest BCUT2D eigenvalue weighted by molar-refractivity contribution is 9.10. The maximum atomic E-state index is 5.37. The predicted octanol–water partition coefficient (Wildman–Crippen LogP) is 3.39. The van der Waals surface area contributed by atoms with Crippen LogP contribution in [0, 0.1) is 13.8 Å². The summed E-state index contributed by atoms with van der Waals surface area (Å²) in [5, 5.41) is 0. The van der Waals surface area contributed by atoms with Crippen LogP contribution in [-0.4, -0.2) is 17.1 Å². The summed E-state index contributed by atoms with van der Waals surface area (Å²) in [4.78, 5) is 7.56. The fraction of sp³-hybridized carbons (Fsp3) is 0.308. The number of nitrogens with one attached hydrogen (secondary N) is 1. The average Bonchev–Trinajstić information content (AvgIpc) is 2.58. The number of benzene rings is 1. The molecule has 4 heteroatoms. The number of nitrogens with zero attached hydrogens (tertiary/aromatic N) is 1. The lowest BCUT2D eigenvalue weighted by molar-refractivity contribution is 0.410. The van der Waals surface area contributed by atoms with Crippen molar-refractivity contribution in [1.82, 2.24) is 9.97 Å². The van der Waals surface area contributed by atoms with Crippen molar-refractivity contribution in [3.05, 3.63) is 45.4 Å². The van der Waals surface area contributed by atoms with Gasteiger partial charge in [0, 0.05) is 12.0 Å². The Bertz CT molecular complexity index is 534. The summed E-state index contributed by atoms with van der Waals surface area (Å²) in [5.41, 5.74) is 3.47. The second kappa shape index (κ2) is 4.92. The molecule has 0 atom stereocenters. The van der Waals surface area contributed by atoms with Crippen LogP contribution in [-0.2, 0) is 6.42 Å². The molecule has 0 spiro atoms. The van der Waals surface area contributed by atoms with Crippen molar-refractivity contribution < 1.29 is 4.74 Å². The van der Waals surface area contributed by atoms with Crippen molar-refractivity contribution in [2.45, 2.75) is 20.3 Å². The van der Waals surface area contributed by atoms with E-state index in [1.807, 2.05) is 13.0 Å². The van der Waals surface area contributed by atoms with E-state index < -0.39 is 0 Å². The number of ether oxygens (including phenoxy) is 1. The van der Waals surface area contributed by atoms with Gasteiger partial charge in [-0.15, -0.1) is 0 Å². The third kappa shape index (κ3) is 2.69. The van der Waals surface area contributed by atoms with E-state index in [0.717, 1.165) is 33.9 Å². The largest absolute Gasteiger partial charge is 0.496 e. The van der Waals surface area contributed by atoms with E-state index in [-0.39, 0.29) is 0 Å². The third-order valence-corrected chi connectivity index (χ3v) is 3.31. The fourth-order valence-corrected chi connectivity index (χ4v) is 2.37. The monoisotopic (exact) mass is 294 g/mol. The molecule has 2 rings (SSSR count). The molecule has 1 aromatic heterocycles. The molecule has 2 aromatic rings. The molecule has 0 bridgehead atoms. The number of aromatic nitrogens is 2. The molecule has 0 amide bonds. The van der Waals surface area contributed by atoms with Crippen LogP contribution in [0.2, 0.25) is 0 Å². The molecule has 0 aliphatic heterocycles. The van der Waals surface area contributed by atoms with Crippen LogP contribution in [0.1, 0.15) is 22.6 Å². The van der Waals surface area contributed by atoms with Crippen LogP contribution < -0.4 is 4.74 Å². The molecule has 0 saturated heterocycles. The number of methoxy groups -OCH3 is 1. The molecule has 0 saturated carbocycles. The summed E-state index contributed by atoms with van der Waals surface area (Å²) in [7, 11) is 1.70. The highest BCUT2D eigenvalue weighted by Crippen LogP contribution is 2.25. The summed E-state index contributed by atoms with van der Waals surface area (Å²) < 4.78 is 6.24. The Morgan fingerprint density at radius 2 is 2.12 bits per heavy atom. The standard InChI is InChI=1S/C13H15BrN2O/c1-8-4-5-12(17-3)10(6-8)7-11-13(14)16-9(2)15-11/h4-6H,7H2,1-3H3,(H,15,16). The van der Waals surface area contributed by atoms with Gasteiger partial charge in [0.25, 0.3) is 0 Å². The lowest BCUT2D eigenvalue weighted by Crippen LogP contribution is -1.95. The minimum Gasteiger partial charge on any atom is -0.496 e. The summed E-state index contributed by atoms with van der Waals surface area (Å²) in [6.07, 6.45) is 0.784. The molecule has 0 aliphatic carbocycles. The van der Waals surface area contributed by atoms with Crippen molar-refractivity contribution in [1.29, 1.82) is 0 Å². The van der Waals surface area contributed by atoms with Gasteiger partial charge in [0.15, 0.2) is 0 Å². The van der Waals surface area contributed by atoms with Crippen molar-refractivity contribution >= 4 is 15.9 Å². The van der Waals surface area contributed by atoms with E-state index in [9.17, 15) is 0 Å². The lowest BCUT2D eigenvalue weighted by atomic mass is 10.1. The number of rotatable bonds is 3. The minimum absolute atomic E-state index is 0.784. The molecule has 0 aliphatic rings. The van der Waals surface area contributed by atoms with Gasteiger partial charge < -0.3 is 9.72 Å². The Kier molecular flexibility index (Phi) is 3.52. The topological polar surface area (TPSA) is 37.9 Å². The first kappa shape index (κ1) is 12.2. The van der Waals surface area contributed by atoms with Gasteiger partial charge in [-0.1, -0.05) is 17.7 Å². The van der Waals surface area contributed by atoms with E-state index in [1.165, 1.54) is 5.56 Å². The Labute approximate surface area is 109 Å². The number of hydrogen-bond acceptors (Lipinski definition) is 2. The SMILES string of the molecule is COc1ccc(C)cc1Cc1[nH]c(C)nc1Br. The summed E-state index contributed by atoms with van der Waals surface area (Å²) in [6, 6.07) is 6.19. The number of aromatic amines is 1. The van der Waals surface area contributed by atoms with Gasteiger partial charge in [-0.3, -0.25) is 0 Å². The Morgan fingerprint density at radius 3 is 2.71 bits per heavy atom. The van der Waals surface area contributed by atoms with Crippen LogP contribution in [0.25, 0.3) is 0 Å². The Morgan fingerprint density at radius 1 is 1.35 bits per heavy atom. The maximum absolute atomic E-state index is 5.37. The summed E-state index contributed by atoms with van der Waals surface area (Å²) >= 11 is 3.46. The summed E-state index contributed by atoms with van der Waals surface area (Å²) in [6.45, 7) is 4.03. The zero-order chi connectivity index (χ0) is 12.4. The number of H-pyrrole nitrogens is 1. The first-order valence-electron chi connectivity index (χ1n) is 5.44. The van der Waals surface area contributed by atoms with Crippen LogP contribution in [0.5, 0.6) is 5.75 Å². The molecular weight excluding hydrogens is 280 g/mol. The highest BCUT2D eigenvalue weighted by atomic mass is 79.9. The first-order chi connectivity index (χ1) is 8.10. The molecular formula is C13H15BrN2O. The van der Waals surface area contributed by atoms with Crippen molar-refractivity contribution in [3.63, 3.8) is 0 Å². The van der Waals surface area contributed by atoms with Crippen LogP contribution in [0.15, 0.2) is 22.8 Å². The van der Waals surface area contributed by atoms with Gasteiger partial charge >= 0.3 is 0 Å². The quantitative estimate of drug-likeness (QED) is 0.942. The average molecular weight is 295 g/mol. The van der Waals surface area contributed by atoms with E-state index >= 15 is 0 Å². The summed E-state index contributed by atoms with van der Waals surface area (Å²) in [5.74, 6) is 1.83. The number of halogens is 1. The fourth-order valence-electron chi connectivity index (χ4n) is 1.87. The predicted molar refractivity (Wildman–Crippen MR) is 71.6 cm³/mol. The molecule has 0 radical (unpaired) electrons. The third-order valence-electron chi connectivity index (χ3n) is 2.65. The van der Waals surface area contributed by atoms with E-state index in [2.05, 4.69) is 45.0 Å². The molecule has 0 fully saturated rings. The molecule has 1 N–H and O–H groups in total. The van der Waals surface area contributed by atoms with Gasteiger partial charge in [0.05, 0.1) is 12.8 Å².